The van der Waals surface area contributed by atoms with Crippen molar-refractivity contribution in [2.45, 2.75) is 0 Å². The van der Waals surface area contributed by atoms with Crippen LogP contribution in [0.2, 0.25) is 0 Å². The SMILES string of the molecule is COc1c(F)cncc1-c1cccc(F)c1F. The van der Waals surface area contributed by atoms with Crippen LogP contribution in [0.4, 0.5) is 13.2 Å². The first kappa shape index (κ1) is 11.4. The number of nitrogens with zero attached hydrogens (tertiary/aromatic N) is 1. The molecule has 0 radical (unpaired) electrons. The Morgan fingerprint density at radius 3 is 2.47 bits per heavy atom. The molecule has 1 heterocycles. The molecule has 0 atom stereocenters. The van der Waals surface area contributed by atoms with Gasteiger partial charge in [-0.25, -0.2) is 13.2 Å². The molecule has 0 unspecified atom stereocenters. The third-order valence-electron chi connectivity index (χ3n) is 2.30. The lowest BCUT2D eigenvalue weighted by atomic mass is 10.1. The van der Waals surface area contributed by atoms with Crippen LogP contribution in [-0.2, 0) is 0 Å². The maximum atomic E-state index is 13.6. The lowest BCUT2D eigenvalue weighted by Gasteiger charge is -2.09. The van der Waals surface area contributed by atoms with E-state index in [1.54, 1.807) is 0 Å². The Balaban J connectivity index is 2.68. The zero-order valence-corrected chi connectivity index (χ0v) is 8.88. The van der Waals surface area contributed by atoms with Crippen molar-refractivity contribution in [3.8, 4) is 16.9 Å². The van der Waals surface area contributed by atoms with E-state index in [0.29, 0.717) is 0 Å². The van der Waals surface area contributed by atoms with Crippen molar-refractivity contribution in [3.05, 3.63) is 48.0 Å². The highest BCUT2D eigenvalue weighted by Gasteiger charge is 2.16. The molecule has 2 aromatic rings. The molecule has 0 fully saturated rings. The molecule has 2 rings (SSSR count). The third kappa shape index (κ3) is 1.95. The summed E-state index contributed by atoms with van der Waals surface area (Å²) in [6.07, 6.45) is 2.17. The maximum absolute atomic E-state index is 13.6. The highest BCUT2D eigenvalue weighted by atomic mass is 19.2. The van der Waals surface area contributed by atoms with E-state index >= 15 is 0 Å². The van der Waals surface area contributed by atoms with Gasteiger partial charge in [0.15, 0.2) is 23.2 Å². The lowest BCUT2D eigenvalue weighted by Crippen LogP contribution is -1.96. The van der Waals surface area contributed by atoms with Gasteiger partial charge in [0.25, 0.3) is 0 Å². The zero-order valence-electron chi connectivity index (χ0n) is 8.88. The van der Waals surface area contributed by atoms with Gasteiger partial charge in [0.05, 0.1) is 13.3 Å². The highest BCUT2D eigenvalue weighted by Crippen LogP contribution is 2.33. The average molecular weight is 239 g/mol. The number of aromatic nitrogens is 1. The minimum atomic E-state index is -1.06. The lowest BCUT2D eigenvalue weighted by molar-refractivity contribution is 0.386. The molecule has 0 N–H and O–H groups in total. The summed E-state index contributed by atoms with van der Waals surface area (Å²) in [6.45, 7) is 0. The average Bonchev–Trinajstić information content (AvgIpc) is 2.32. The van der Waals surface area contributed by atoms with Gasteiger partial charge < -0.3 is 4.74 Å². The summed E-state index contributed by atoms with van der Waals surface area (Å²) >= 11 is 0. The van der Waals surface area contributed by atoms with Crippen LogP contribution < -0.4 is 4.74 Å². The van der Waals surface area contributed by atoms with Crippen LogP contribution in [0, 0.1) is 17.5 Å². The number of methoxy groups -OCH3 is 1. The Morgan fingerprint density at radius 1 is 1.00 bits per heavy atom. The van der Waals surface area contributed by atoms with Gasteiger partial charge in [-0.15, -0.1) is 0 Å². The van der Waals surface area contributed by atoms with E-state index in [1.165, 1.54) is 25.4 Å². The summed E-state index contributed by atoms with van der Waals surface area (Å²) < 4.78 is 44.8. The van der Waals surface area contributed by atoms with Gasteiger partial charge in [-0.2, -0.15) is 0 Å². The Bertz CT molecular complexity index is 557. The number of benzene rings is 1. The predicted molar refractivity (Wildman–Crippen MR) is 56.1 cm³/mol. The molecule has 1 aromatic carbocycles. The summed E-state index contributed by atoms with van der Waals surface area (Å²) in [5.41, 5.74) is -0.0154. The number of hydrogen-bond acceptors (Lipinski definition) is 2. The molecule has 0 spiro atoms. The number of hydrogen-bond donors (Lipinski definition) is 0. The van der Waals surface area contributed by atoms with E-state index in [2.05, 4.69) is 4.98 Å². The Hall–Kier alpha value is -2.04. The summed E-state index contributed by atoms with van der Waals surface area (Å²) in [7, 11) is 1.25. The van der Waals surface area contributed by atoms with E-state index in [0.717, 1.165) is 12.3 Å². The quantitative estimate of drug-likeness (QED) is 0.803. The highest BCUT2D eigenvalue weighted by molar-refractivity contribution is 5.70. The summed E-state index contributed by atoms with van der Waals surface area (Å²) in [4.78, 5) is 3.60. The molecule has 88 valence electrons. The number of ether oxygens (including phenoxy) is 1. The third-order valence-corrected chi connectivity index (χ3v) is 2.30. The standard InChI is InChI=1S/C12H8F3NO/c1-17-12-8(5-16-6-10(12)14)7-3-2-4-9(13)11(7)15/h2-6H,1H3. The van der Waals surface area contributed by atoms with Crippen LogP contribution in [0.5, 0.6) is 5.75 Å². The predicted octanol–water partition coefficient (Wildman–Crippen LogP) is 3.17. The molecular weight excluding hydrogens is 231 g/mol. The van der Waals surface area contributed by atoms with Crippen molar-refractivity contribution in [2.75, 3.05) is 7.11 Å². The smallest absolute Gasteiger partial charge is 0.183 e. The molecule has 0 saturated carbocycles. The van der Waals surface area contributed by atoms with E-state index in [9.17, 15) is 13.2 Å². The summed E-state index contributed by atoms with van der Waals surface area (Å²) in [6, 6.07) is 3.65. The van der Waals surface area contributed by atoms with Crippen LogP contribution in [0.1, 0.15) is 0 Å². The molecule has 0 saturated heterocycles. The Labute approximate surface area is 95.7 Å². The van der Waals surface area contributed by atoms with Crippen LogP contribution in [0.15, 0.2) is 30.6 Å². The molecule has 17 heavy (non-hydrogen) atoms. The van der Waals surface area contributed by atoms with E-state index in [-0.39, 0.29) is 16.9 Å². The van der Waals surface area contributed by atoms with Gasteiger partial charge >= 0.3 is 0 Å². The molecule has 0 bridgehead atoms. The minimum Gasteiger partial charge on any atom is -0.493 e. The van der Waals surface area contributed by atoms with Gasteiger partial charge in [-0.1, -0.05) is 12.1 Å². The fourth-order valence-electron chi connectivity index (χ4n) is 1.53. The normalized spacial score (nSPS) is 10.4. The van der Waals surface area contributed by atoms with Crippen LogP contribution in [0.3, 0.4) is 0 Å². The first-order valence-electron chi connectivity index (χ1n) is 4.77. The van der Waals surface area contributed by atoms with E-state index in [4.69, 9.17) is 4.74 Å². The second-order valence-corrected chi connectivity index (χ2v) is 3.30. The van der Waals surface area contributed by atoms with Crippen molar-refractivity contribution in [1.82, 2.24) is 4.98 Å². The molecule has 0 amide bonds. The van der Waals surface area contributed by atoms with Crippen LogP contribution in [0.25, 0.3) is 11.1 Å². The van der Waals surface area contributed by atoms with Crippen molar-refractivity contribution < 1.29 is 17.9 Å². The van der Waals surface area contributed by atoms with Gasteiger partial charge in [-0.3, -0.25) is 4.98 Å². The molecule has 2 nitrogen and oxygen atoms in total. The first-order valence-corrected chi connectivity index (χ1v) is 4.77. The van der Waals surface area contributed by atoms with Gasteiger partial charge in [0.2, 0.25) is 0 Å². The zero-order chi connectivity index (χ0) is 12.4. The summed E-state index contributed by atoms with van der Waals surface area (Å²) in [5.74, 6) is -2.95. The van der Waals surface area contributed by atoms with Gasteiger partial charge in [0, 0.05) is 17.3 Å². The molecule has 5 heteroatoms. The second-order valence-electron chi connectivity index (χ2n) is 3.30. The fraction of sp³-hybridized carbons (Fsp3) is 0.0833. The van der Waals surface area contributed by atoms with Crippen molar-refractivity contribution in [2.24, 2.45) is 0 Å². The fourth-order valence-corrected chi connectivity index (χ4v) is 1.53. The van der Waals surface area contributed by atoms with Crippen molar-refractivity contribution in [3.63, 3.8) is 0 Å². The molecule has 0 aliphatic rings. The Morgan fingerprint density at radius 2 is 1.76 bits per heavy atom. The van der Waals surface area contributed by atoms with Gasteiger partial charge in [0.1, 0.15) is 0 Å². The summed E-state index contributed by atoms with van der Waals surface area (Å²) in [5, 5.41) is 0. The largest absolute Gasteiger partial charge is 0.493 e. The van der Waals surface area contributed by atoms with E-state index in [1.807, 2.05) is 0 Å². The van der Waals surface area contributed by atoms with Crippen molar-refractivity contribution >= 4 is 0 Å². The number of rotatable bonds is 2. The van der Waals surface area contributed by atoms with Gasteiger partial charge in [-0.05, 0) is 6.07 Å². The molecular formula is C12H8F3NO. The second kappa shape index (κ2) is 4.45. The molecule has 0 aliphatic heterocycles. The molecule has 1 aromatic heterocycles. The first-order chi connectivity index (χ1) is 8.15. The van der Waals surface area contributed by atoms with E-state index < -0.39 is 17.5 Å². The number of halogens is 3. The molecule has 0 aliphatic carbocycles. The monoisotopic (exact) mass is 239 g/mol. The number of pyridine rings is 1. The Kier molecular flexibility index (Phi) is 2.99. The topological polar surface area (TPSA) is 22.1 Å². The van der Waals surface area contributed by atoms with Crippen molar-refractivity contribution in [1.29, 1.82) is 0 Å². The maximum Gasteiger partial charge on any atom is 0.183 e. The minimum absolute atomic E-state index is 0.0736. The van der Waals surface area contributed by atoms with Crippen LogP contribution >= 0.6 is 0 Å². The van der Waals surface area contributed by atoms with Crippen LogP contribution in [-0.4, -0.2) is 12.1 Å².